The maximum Gasteiger partial charge on any atom is 0.293 e. The first-order valence-electron chi connectivity index (χ1n) is 5.54. The third kappa shape index (κ3) is 9.52. The Morgan fingerprint density at radius 3 is 2.50 bits per heavy atom. The zero-order valence-electron chi connectivity index (χ0n) is 9.08. The smallest absolute Gasteiger partial charge is 0.293 e. The van der Waals surface area contributed by atoms with Gasteiger partial charge < -0.3 is 9.84 Å². The van der Waals surface area contributed by atoms with Gasteiger partial charge in [0.05, 0.1) is 6.10 Å². The van der Waals surface area contributed by atoms with Crippen LogP contribution in [0.5, 0.6) is 0 Å². The Morgan fingerprint density at radius 1 is 1.21 bits per heavy atom. The molecule has 0 aromatic rings. The summed E-state index contributed by atoms with van der Waals surface area (Å²) in [6.45, 7) is 2.71. The fourth-order valence-electron chi connectivity index (χ4n) is 1.39. The summed E-state index contributed by atoms with van der Waals surface area (Å²) in [7, 11) is 0. The predicted molar refractivity (Wildman–Crippen MR) is 56.0 cm³/mol. The summed E-state index contributed by atoms with van der Waals surface area (Å²) in [6.07, 6.45) is 7.54. The van der Waals surface area contributed by atoms with Crippen molar-refractivity contribution in [1.29, 1.82) is 0 Å². The number of aliphatic hydroxyl groups excluding tert-OH is 1. The van der Waals surface area contributed by atoms with Gasteiger partial charge in [-0.1, -0.05) is 45.4 Å². The highest BCUT2D eigenvalue weighted by Crippen LogP contribution is 2.08. The van der Waals surface area contributed by atoms with Gasteiger partial charge >= 0.3 is 0 Å². The van der Waals surface area contributed by atoms with Gasteiger partial charge in [0.15, 0.2) is 0 Å². The molecule has 0 heterocycles. The van der Waals surface area contributed by atoms with Crippen LogP contribution in [0.1, 0.15) is 51.9 Å². The maximum absolute atomic E-state index is 9.82. The summed E-state index contributed by atoms with van der Waals surface area (Å²) in [4.78, 5) is 9.82. The summed E-state index contributed by atoms with van der Waals surface area (Å²) in [6, 6.07) is 0. The summed E-state index contributed by atoms with van der Waals surface area (Å²) in [5.74, 6) is 0. The summed E-state index contributed by atoms with van der Waals surface area (Å²) >= 11 is 0. The van der Waals surface area contributed by atoms with E-state index in [1.54, 1.807) is 0 Å². The zero-order chi connectivity index (χ0) is 10.6. The molecule has 0 aromatic heterocycles. The lowest BCUT2D eigenvalue weighted by Gasteiger charge is -2.08. The highest BCUT2D eigenvalue weighted by molar-refractivity contribution is 5.36. The van der Waals surface area contributed by atoms with Crippen molar-refractivity contribution in [2.45, 2.75) is 58.0 Å². The Kier molecular flexibility index (Phi) is 10.1. The molecular weight excluding hydrogens is 180 g/mol. The van der Waals surface area contributed by atoms with E-state index < -0.39 is 6.10 Å². The fourth-order valence-corrected chi connectivity index (χ4v) is 1.39. The molecular formula is C11H22O3. The largest absolute Gasteiger partial charge is 0.465 e. The molecule has 3 heteroatoms. The average Bonchev–Trinajstić information content (AvgIpc) is 2.20. The molecule has 0 saturated carbocycles. The van der Waals surface area contributed by atoms with E-state index in [0.717, 1.165) is 19.3 Å². The number of rotatable bonds is 10. The van der Waals surface area contributed by atoms with Gasteiger partial charge in [-0.15, -0.1) is 0 Å². The van der Waals surface area contributed by atoms with Crippen LogP contribution in [-0.4, -0.2) is 24.3 Å². The summed E-state index contributed by atoms with van der Waals surface area (Å²) in [5.41, 5.74) is 0. The van der Waals surface area contributed by atoms with Gasteiger partial charge in [-0.05, 0) is 6.42 Å². The molecule has 0 spiro atoms. The van der Waals surface area contributed by atoms with Crippen LogP contribution in [0.25, 0.3) is 0 Å². The van der Waals surface area contributed by atoms with Crippen molar-refractivity contribution >= 4 is 6.47 Å². The van der Waals surface area contributed by atoms with Crippen LogP contribution in [0.2, 0.25) is 0 Å². The third-order valence-electron chi connectivity index (χ3n) is 2.25. The van der Waals surface area contributed by atoms with Crippen LogP contribution in [0.4, 0.5) is 0 Å². The number of hydrogen-bond donors (Lipinski definition) is 1. The fraction of sp³-hybridized carbons (Fsp3) is 0.909. The van der Waals surface area contributed by atoms with Gasteiger partial charge in [-0.2, -0.15) is 0 Å². The molecule has 14 heavy (non-hydrogen) atoms. The highest BCUT2D eigenvalue weighted by Gasteiger charge is 2.03. The van der Waals surface area contributed by atoms with Gasteiger partial charge in [-0.3, -0.25) is 4.79 Å². The van der Waals surface area contributed by atoms with E-state index in [9.17, 15) is 9.90 Å². The number of ether oxygens (including phenoxy) is 1. The van der Waals surface area contributed by atoms with E-state index in [4.69, 9.17) is 0 Å². The van der Waals surface area contributed by atoms with Gasteiger partial charge in [0.1, 0.15) is 6.61 Å². The van der Waals surface area contributed by atoms with Crippen molar-refractivity contribution in [2.75, 3.05) is 6.61 Å². The predicted octanol–water partition coefficient (Wildman–Crippen LogP) is 2.27. The number of carbonyl (C=O) groups is 1. The second kappa shape index (κ2) is 10.5. The van der Waals surface area contributed by atoms with Crippen LogP contribution < -0.4 is 0 Å². The lowest BCUT2D eigenvalue weighted by molar-refractivity contribution is -0.131. The Labute approximate surface area is 86.5 Å². The number of hydrogen-bond acceptors (Lipinski definition) is 3. The van der Waals surface area contributed by atoms with E-state index in [1.165, 1.54) is 25.7 Å². The Balaban J connectivity index is 3.06. The lowest BCUT2D eigenvalue weighted by atomic mass is 10.1. The van der Waals surface area contributed by atoms with Gasteiger partial charge in [-0.25, -0.2) is 0 Å². The maximum atomic E-state index is 9.82. The number of unbranched alkanes of at least 4 members (excludes halogenated alkanes) is 5. The minimum absolute atomic E-state index is 0.137. The minimum Gasteiger partial charge on any atom is -0.465 e. The van der Waals surface area contributed by atoms with Crippen LogP contribution in [0.3, 0.4) is 0 Å². The van der Waals surface area contributed by atoms with Crippen molar-refractivity contribution < 1.29 is 14.6 Å². The molecule has 0 aliphatic rings. The Bertz CT molecular complexity index is 126. The van der Waals surface area contributed by atoms with Crippen LogP contribution in [0.15, 0.2) is 0 Å². The number of aliphatic hydroxyl groups is 1. The summed E-state index contributed by atoms with van der Waals surface area (Å²) in [5, 5.41) is 9.30. The first-order valence-corrected chi connectivity index (χ1v) is 5.54. The third-order valence-corrected chi connectivity index (χ3v) is 2.25. The molecule has 1 unspecified atom stereocenters. The Hall–Kier alpha value is -0.570. The van der Waals surface area contributed by atoms with E-state index in [2.05, 4.69) is 11.7 Å². The Morgan fingerprint density at radius 2 is 1.86 bits per heavy atom. The minimum atomic E-state index is -0.480. The topological polar surface area (TPSA) is 46.5 Å². The van der Waals surface area contributed by atoms with Crippen LogP contribution in [-0.2, 0) is 9.53 Å². The number of carbonyl (C=O) groups excluding carboxylic acids is 1. The normalized spacial score (nSPS) is 12.4. The standard InChI is InChI=1S/C11H22O3/c1-2-3-4-5-6-7-8-11(13)9-14-10-12/h10-11,13H,2-9H2,1H3. The second-order valence-corrected chi connectivity index (χ2v) is 3.64. The zero-order valence-corrected chi connectivity index (χ0v) is 9.08. The molecule has 0 saturated heterocycles. The van der Waals surface area contributed by atoms with Crippen molar-refractivity contribution in [2.24, 2.45) is 0 Å². The molecule has 3 nitrogen and oxygen atoms in total. The molecule has 0 fully saturated rings. The van der Waals surface area contributed by atoms with E-state index in [1.807, 2.05) is 0 Å². The van der Waals surface area contributed by atoms with Gasteiger partial charge in [0.2, 0.25) is 0 Å². The van der Waals surface area contributed by atoms with E-state index in [0.29, 0.717) is 6.47 Å². The molecule has 0 rings (SSSR count). The van der Waals surface area contributed by atoms with Crippen molar-refractivity contribution in [1.82, 2.24) is 0 Å². The monoisotopic (exact) mass is 202 g/mol. The van der Waals surface area contributed by atoms with Crippen molar-refractivity contribution in [3.63, 3.8) is 0 Å². The highest BCUT2D eigenvalue weighted by atomic mass is 16.5. The average molecular weight is 202 g/mol. The SMILES string of the molecule is CCCCCCCCC(O)COC=O. The quantitative estimate of drug-likeness (QED) is 0.436. The lowest BCUT2D eigenvalue weighted by Crippen LogP contribution is -2.14. The molecule has 0 aliphatic heterocycles. The van der Waals surface area contributed by atoms with E-state index in [-0.39, 0.29) is 6.61 Å². The van der Waals surface area contributed by atoms with Gasteiger partial charge in [0.25, 0.3) is 6.47 Å². The summed E-state index contributed by atoms with van der Waals surface area (Å²) < 4.78 is 4.46. The molecule has 1 N–H and O–H groups in total. The first-order chi connectivity index (χ1) is 6.81. The molecule has 0 aromatic carbocycles. The molecule has 1 atom stereocenters. The first kappa shape index (κ1) is 13.4. The molecule has 0 bridgehead atoms. The van der Waals surface area contributed by atoms with Gasteiger partial charge in [0, 0.05) is 0 Å². The second-order valence-electron chi connectivity index (χ2n) is 3.64. The molecule has 84 valence electrons. The molecule has 0 aliphatic carbocycles. The van der Waals surface area contributed by atoms with Crippen LogP contribution >= 0.6 is 0 Å². The van der Waals surface area contributed by atoms with Crippen molar-refractivity contribution in [3.05, 3.63) is 0 Å². The van der Waals surface area contributed by atoms with Crippen molar-refractivity contribution in [3.8, 4) is 0 Å². The molecule has 0 radical (unpaired) electrons. The van der Waals surface area contributed by atoms with Crippen LogP contribution in [0, 0.1) is 0 Å². The molecule has 0 amide bonds. The van der Waals surface area contributed by atoms with E-state index >= 15 is 0 Å².